The van der Waals surface area contributed by atoms with Gasteiger partial charge in [0.25, 0.3) is 5.91 Å². The van der Waals surface area contributed by atoms with Gasteiger partial charge in [-0.05, 0) is 55.6 Å². The lowest BCUT2D eigenvalue weighted by atomic mass is 10.1. The van der Waals surface area contributed by atoms with Crippen LogP contribution in [0.4, 0.5) is 5.69 Å². The summed E-state index contributed by atoms with van der Waals surface area (Å²) >= 11 is 5.90. The van der Waals surface area contributed by atoms with E-state index in [9.17, 15) is 9.59 Å². The number of rotatable bonds is 4. The average molecular weight is 424 g/mol. The van der Waals surface area contributed by atoms with E-state index in [0.717, 1.165) is 5.56 Å². The van der Waals surface area contributed by atoms with Crippen LogP contribution in [0, 0.1) is 0 Å². The molecular formula is C23H22ClN3O3. The van der Waals surface area contributed by atoms with E-state index in [4.69, 9.17) is 16.0 Å². The Labute approximate surface area is 180 Å². The monoisotopic (exact) mass is 423 g/mol. The number of amides is 2. The van der Waals surface area contributed by atoms with Crippen LogP contribution in [0.2, 0.25) is 5.02 Å². The van der Waals surface area contributed by atoms with Gasteiger partial charge in [-0.1, -0.05) is 23.7 Å². The fraction of sp³-hybridized carbons (Fsp3) is 0.217. The largest absolute Gasteiger partial charge is 0.464 e. The second-order valence-corrected chi connectivity index (χ2v) is 7.74. The number of nitrogens with one attached hydrogen (secondary N) is 1. The molecule has 0 saturated carbocycles. The lowest BCUT2D eigenvalue weighted by Crippen LogP contribution is -2.57. The molecule has 1 atom stereocenters. The molecule has 1 N–H and O–H groups in total. The summed E-state index contributed by atoms with van der Waals surface area (Å²) in [4.78, 5) is 29.7. The van der Waals surface area contributed by atoms with Crippen LogP contribution in [0.1, 0.15) is 10.4 Å². The van der Waals surface area contributed by atoms with Crippen molar-refractivity contribution in [2.24, 2.45) is 0 Å². The van der Waals surface area contributed by atoms with Crippen molar-refractivity contribution >= 4 is 29.1 Å². The molecule has 1 aliphatic rings. The predicted octanol–water partition coefficient (Wildman–Crippen LogP) is 3.99. The number of halogens is 1. The van der Waals surface area contributed by atoms with Crippen molar-refractivity contribution in [1.82, 2.24) is 9.80 Å². The Morgan fingerprint density at radius 1 is 1.07 bits per heavy atom. The summed E-state index contributed by atoms with van der Waals surface area (Å²) in [5.74, 6) is 0.464. The third-order valence-corrected chi connectivity index (χ3v) is 5.52. The minimum absolute atomic E-state index is 0.0965. The summed E-state index contributed by atoms with van der Waals surface area (Å²) in [6, 6.07) is 17.5. The van der Waals surface area contributed by atoms with Crippen molar-refractivity contribution in [3.63, 3.8) is 0 Å². The van der Waals surface area contributed by atoms with Gasteiger partial charge in [0.05, 0.1) is 6.26 Å². The molecule has 2 amide bonds. The van der Waals surface area contributed by atoms with Crippen LogP contribution in [-0.2, 0) is 4.79 Å². The zero-order valence-electron chi connectivity index (χ0n) is 16.5. The molecule has 1 fully saturated rings. The molecule has 0 radical (unpaired) electrons. The van der Waals surface area contributed by atoms with E-state index in [1.54, 1.807) is 41.5 Å². The summed E-state index contributed by atoms with van der Waals surface area (Å²) in [6.07, 6.45) is 1.61. The van der Waals surface area contributed by atoms with E-state index in [1.165, 1.54) is 0 Å². The molecular weight excluding hydrogens is 402 g/mol. The maximum atomic E-state index is 13.1. The quantitative estimate of drug-likeness (QED) is 0.689. The zero-order chi connectivity index (χ0) is 21.1. The second kappa shape index (κ2) is 8.73. The first-order valence-corrected chi connectivity index (χ1v) is 10.1. The van der Waals surface area contributed by atoms with Crippen molar-refractivity contribution in [3.05, 3.63) is 77.5 Å². The van der Waals surface area contributed by atoms with Gasteiger partial charge < -0.3 is 14.6 Å². The highest BCUT2D eigenvalue weighted by atomic mass is 35.5. The topological polar surface area (TPSA) is 65.8 Å². The first kappa shape index (κ1) is 20.2. The first-order chi connectivity index (χ1) is 14.5. The lowest BCUT2D eigenvalue weighted by molar-refractivity contribution is -0.122. The Kier molecular flexibility index (Phi) is 5.88. The van der Waals surface area contributed by atoms with Gasteiger partial charge in [-0.2, -0.15) is 0 Å². The molecule has 1 aromatic heterocycles. The number of carbonyl (C=O) groups is 2. The molecule has 1 saturated heterocycles. The van der Waals surface area contributed by atoms with E-state index < -0.39 is 6.04 Å². The van der Waals surface area contributed by atoms with Crippen LogP contribution in [0.5, 0.6) is 0 Å². The number of nitrogens with zero attached hydrogens (tertiary/aromatic N) is 2. The van der Waals surface area contributed by atoms with Gasteiger partial charge in [-0.15, -0.1) is 0 Å². The van der Waals surface area contributed by atoms with Crippen molar-refractivity contribution < 1.29 is 14.0 Å². The molecule has 0 bridgehead atoms. The number of hydrogen-bond donors (Lipinski definition) is 1. The highest BCUT2D eigenvalue weighted by Crippen LogP contribution is 2.22. The van der Waals surface area contributed by atoms with Crippen LogP contribution >= 0.6 is 11.6 Å². The van der Waals surface area contributed by atoms with Gasteiger partial charge in [0.2, 0.25) is 5.91 Å². The second-order valence-electron chi connectivity index (χ2n) is 7.30. The Morgan fingerprint density at radius 2 is 1.87 bits per heavy atom. The van der Waals surface area contributed by atoms with E-state index in [1.807, 2.05) is 42.3 Å². The van der Waals surface area contributed by atoms with E-state index >= 15 is 0 Å². The molecule has 0 aliphatic carbocycles. The average Bonchev–Trinajstić information content (AvgIpc) is 3.30. The third kappa shape index (κ3) is 4.40. The van der Waals surface area contributed by atoms with Crippen LogP contribution < -0.4 is 5.32 Å². The van der Waals surface area contributed by atoms with Crippen LogP contribution in [0.3, 0.4) is 0 Å². The number of benzene rings is 2. The molecule has 154 valence electrons. The van der Waals surface area contributed by atoms with Crippen molar-refractivity contribution in [1.29, 1.82) is 0 Å². The molecule has 30 heavy (non-hydrogen) atoms. The van der Waals surface area contributed by atoms with Gasteiger partial charge in [0, 0.05) is 41.5 Å². The van der Waals surface area contributed by atoms with Gasteiger partial charge in [0.1, 0.15) is 11.8 Å². The number of furan rings is 1. The number of likely N-dealkylation sites (N-methyl/N-ethyl adjacent to an activating group) is 1. The van der Waals surface area contributed by atoms with Gasteiger partial charge >= 0.3 is 0 Å². The SMILES string of the molecule is CN1CCN(C(=O)c2cccc(-c3ccco3)c2)CC1C(=O)Nc1ccc(Cl)cc1. The molecule has 1 unspecified atom stereocenters. The van der Waals surface area contributed by atoms with Gasteiger partial charge in [-0.3, -0.25) is 14.5 Å². The smallest absolute Gasteiger partial charge is 0.253 e. The predicted molar refractivity (Wildman–Crippen MR) is 117 cm³/mol. The standard InChI is InChI=1S/C23H22ClN3O3/c1-26-11-12-27(15-20(26)22(28)25-19-9-7-18(24)8-10-19)23(29)17-5-2-4-16(14-17)21-6-3-13-30-21/h2-10,13-14,20H,11-12,15H2,1H3,(H,25,28). The van der Waals surface area contributed by atoms with Gasteiger partial charge in [-0.25, -0.2) is 0 Å². The minimum atomic E-state index is -0.438. The summed E-state index contributed by atoms with van der Waals surface area (Å²) in [7, 11) is 1.89. The maximum absolute atomic E-state index is 13.1. The molecule has 7 heteroatoms. The molecule has 3 aromatic rings. The number of piperazine rings is 1. The molecule has 1 aliphatic heterocycles. The lowest BCUT2D eigenvalue weighted by Gasteiger charge is -2.38. The van der Waals surface area contributed by atoms with Crippen molar-refractivity contribution in [2.75, 3.05) is 32.0 Å². The van der Waals surface area contributed by atoms with E-state index in [-0.39, 0.29) is 11.8 Å². The van der Waals surface area contributed by atoms with E-state index in [2.05, 4.69) is 5.32 Å². The summed E-state index contributed by atoms with van der Waals surface area (Å²) in [6.45, 7) is 1.49. The number of carbonyl (C=O) groups excluding carboxylic acids is 2. The molecule has 6 nitrogen and oxygen atoms in total. The summed E-state index contributed by atoms with van der Waals surface area (Å²) in [5.41, 5.74) is 2.09. The maximum Gasteiger partial charge on any atom is 0.253 e. The zero-order valence-corrected chi connectivity index (χ0v) is 17.3. The third-order valence-electron chi connectivity index (χ3n) is 5.26. The first-order valence-electron chi connectivity index (χ1n) is 9.71. The van der Waals surface area contributed by atoms with Crippen LogP contribution in [-0.4, -0.2) is 54.3 Å². The molecule has 0 spiro atoms. The van der Waals surface area contributed by atoms with Crippen LogP contribution in [0.25, 0.3) is 11.3 Å². The van der Waals surface area contributed by atoms with Crippen LogP contribution in [0.15, 0.2) is 71.3 Å². The Hall–Kier alpha value is -3.09. The normalized spacial score (nSPS) is 17.0. The number of hydrogen-bond acceptors (Lipinski definition) is 4. The molecule has 2 heterocycles. The highest BCUT2D eigenvalue weighted by Gasteiger charge is 2.32. The van der Waals surface area contributed by atoms with Crippen molar-refractivity contribution in [3.8, 4) is 11.3 Å². The summed E-state index contributed by atoms with van der Waals surface area (Å²) < 4.78 is 5.43. The minimum Gasteiger partial charge on any atom is -0.464 e. The highest BCUT2D eigenvalue weighted by molar-refractivity contribution is 6.30. The summed E-state index contributed by atoms with van der Waals surface area (Å²) in [5, 5.41) is 3.51. The molecule has 4 rings (SSSR count). The Balaban J connectivity index is 1.47. The van der Waals surface area contributed by atoms with Crippen molar-refractivity contribution in [2.45, 2.75) is 6.04 Å². The Bertz CT molecular complexity index is 1030. The van der Waals surface area contributed by atoms with E-state index in [0.29, 0.717) is 41.7 Å². The Morgan fingerprint density at radius 3 is 2.60 bits per heavy atom. The fourth-order valence-corrected chi connectivity index (χ4v) is 3.66. The number of anilines is 1. The van der Waals surface area contributed by atoms with Gasteiger partial charge in [0.15, 0.2) is 0 Å². The molecule has 2 aromatic carbocycles. The fourth-order valence-electron chi connectivity index (χ4n) is 3.53.